The van der Waals surface area contributed by atoms with Crippen molar-refractivity contribution in [2.75, 3.05) is 18.0 Å². The van der Waals surface area contributed by atoms with Gasteiger partial charge in [-0.3, -0.25) is 0 Å². The van der Waals surface area contributed by atoms with E-state index in [0.29, 0.717) is 0 Å². The highest BCUT2D eigenvalue weighted by Crippen LogP contribution is 2.05. The van der Waals surface area contributed by atoms with Crippen LogP contribution in [-0.2, 0) is 20.0 Å². The first kappa shape index (κ1) is 14.8. The van der Waals surface area contributed by atoms with E-state index in [9.17, 15) is 16.8 Å². The zero-order valence-electron chi connectivity index (χ0n) is 9.27. The fraction of sp³-hybridized carbons (Fsp3) is 0.429. The standard InChI is InChI=1S/C7H13N5O4S2/c8-7-10-4-6(5-11-7)18(15,16)12-2-1-3-17(9,13)14/h4-5,12H,1-3H2,(H2,8,10,11)(H2,9,13,14). The minimum atomic E-state index is -3.76. The third-order valence-corrected chi connectivity index (χ3v) is 4.13. The molecule has 9 nitrogen and oxygen atoms in total. The van der Waals surface area contributed by atoms with Gasteiger partial charge in [0.2, 0.25) is 26.0 Å². The number of aromatic nitrogens is 2. The Bertz CT molecular complexity index is 595. The minimum absolute atomic E-state index is 0.0387. The molecule has 0 aromatic carbocycles. The molecule has 18 heavy (non-hydrogen) atoms. The van der Waals surface area contributed by atoms with E-state index in [1.807, 2.05) is 0 Å². The average Bonchev–Trinajstić information content (AvgIpc) is 2.24. The summed E-state index contributed by atoms with van der Waals surface area (Å²) >= 11 is 0. The Hall–Kier alpha value is -1.30. The summed E-state index contributed by atoms with van der Waals surface area (Å²) in [5.41, 5.74) is 5.22. The molecule has 0 fully saturated rings. The number of hydrogen-bond acceptors (Lipinski definition) is 7. The summed E-state index contributed by atoms with van der Waals surface area (Å²) < 4.78 is 46.8. The van der Waals surface area contributed by atoms with Crippen molar-refractivity contribution in [3.63, 3.8) is 0 Å². The molecule has 5 N–H and O–H groups in total. The molecule has 1 aromatic heterocycles. The van der Waals surface area contributed by atoms with Gasteiger partial charge < -0.3 is 5.73 Å². The largest absolute Gasteiger partial charge is 0.368 e. The molecule has 0 radical (unpaired) electrons. The molecule has 0 amide bonds. The van der Waals surface area contributed by atoms with Crippen molar-refractivity contribution in [3.05, 3.63) is 12.4 Å². The maximum Gasteiger partial charge on any atom is 0.243 e. The van der Waals surface area contributed by atoms with Gasteiger partial charge in [0.05, 0.1) is 18.1 Å². The quantitative estimate of drug-likeness (QED) is 0.512. The first-order chi connectivity index (χ1) is 8.21. The highest BCUT2D eigenvalue weighted by atomic mass is 32.2. The molecule has 0 unspecified atom stereocenters. The Morgan fingerprint density at radius 2 is 1.72 bits per heavy atom. The van der Waals surface area contributed by atoms with Crippen LogP contribution in [0.1, 0.15) is 6.42 Å². The van der Waals surface area contributed by atoms with Gasteiger partial charge in [-0.05, 0) is 6.42 Å². The van der Waals surface area contributed by atoms with Gasteiger partial charge in [-0.15, -0.1) is 0 Å². The number of hydrogen-bond donors (Lipinski definition) is 3. The van der Waals surface area contributed by atoms with Crippen molar-refractivity contribution in [1.29, 1.82) is 0 Å². The molecule has 0 aliphatic carbocycles. The molecule has 102 valence electrons. The number of nitrogen functional groups attached to an aromatic ring is 1. The van der Waals surface area contributed by atoms with Crippen molar-refractivity contribution < 1.29 is 16.8 Å². The van der Waals surface area contributed by atoms with Crippen LogP contribution in [0.15, 0.2) is 17.3 Å². The molecule has 0 aliphatic rings. The SMILES string of the molecule is Nc1ncc(S(=O)(=O)NCCCS(N)(=O)=O)cn1. The summed E-state index contributed by atoms with van der Waals surface area (Å²) in [6, 6.07) is 0. The predicted octanol–water partition coefficient (Wildman–Crippen LogP) is -1.98. The lowest BCUT2D eigenvalue weighted by Gasteiger charge is -2.05. The molecule has 1 rings (SSSR count). The zero-order chi connectivity index (χ0) is 13.8. The van der Waals surface area contributed by atoms with Crippen LogP contribution in [-0.4, -0.2) is 39.1 Å². The monoisotopic (exact) mass is 295 g/mol. The van der Waals surface area contributed by atoms with Crippen LogP contribution < -0.4 is 15.6 Å². The Balaban J connectivity index is 2.58. The lowest BCUT2D eigenvalue weighted by Crippen LogP contribution is -2.27. The molecule has 0 atom stereocenters. The third kappa shape index (κ3) is 4.91. The normalized spacial score (nSPS) is 12.5. The molecule has 0 spiro atoms. The fourth-order valence-electron chi connectivity index (χ4n) is 1.03. The van der Waals surface area contributed by atoms with Gasteiger partial charge in [0, 0.05) is 6.54 Å². The molecule has 0 saturated heterocycles. The number of nitrogens with one attached hydrogen (secondary N) is 1. The summed E-state index contributed by atoms with van der Waals surface area (Å²) in [7, 11) is -7.35. The first-order valence-corrected chi connectivity index (χ1v) is 7.98. The number of rotatable bonds is 6. The second-order valence-corrected chi connectivity index (χ2v) is 6.90. The maximum atomic E-state index is 11.7. The maximum absolute atomic E-state index is 11.7. The van der Waals surface area contributed by atoms with Gasteiger partial charge in [-0.25, -0.2) is 36.7 Å². The van der Waals surface area contributed by atoms with Crippen LogP contribution in [0.4, 0.5) is 5.95 Å². The number of nitrogens with zero attached hydrogens (tertiary/aromatic N) is 2. The van der Waals surface area contributed by atoms with Crippen molar-refractivity contribution in [3.8, 4) is 0 Å². The zero-order valence-corrected chi connectivity index (χ0v) is 10.9. The fourth-order valence-corrected chi connectivity index (χ4v) is 2.54. The highest BCUT2D eigenvalue weighted by molar-refractivity contribution is 7.89. The molecule has 11 heteroatoms. The number of primary sulfonamides is 1. The van der Waals surface area contributed by atoms with E-state index in [4.69, 9.17) is 10.9 Å². The van der Waals surface area contributed by atoms with Crippen molar-refractivity contribution in [1.82, 2.24) is 14.7 Å². The van der Waals surface area contributed by atoms with Crippen molar-refractivity contribution >= 4 is 26.0 Å². The van der Waals surface area contributed by atoms with Crippen LogP contribution in [0.5, 0.6) is 0 Å². The highest BCUT2D eigenvalue weighted by Gasteiger charge is 2.14. The van der Waals surface area contributed by atoms with E-state index in [1.165, 1.54) is 0 Å². The summed E-state index contributed by atoms with van der Waals surface area (Å²) in [5.74, 6) is -0.337. The van der Waals surface area contributed by atoms with E-state index in [0.717, 1.165) is 12.4 Å². The summed E-state index contributed by atoms with van der Waals surface area (Å²) in [4.78, 5) is 6.94. The van der Waals surface area contributed by atoms with E-state index in [-0.39, 0.29) is 29.6 Å². The van der Waals surface area contributed by atoms with Gasteiger partial charge in [0.25, 0.3) is 0 Å². The van der Waals surface area contributed by atoms with E-state index in [1.54, 1.807) is 0 Å². The second-order valence-electron chi connectivity index (χ2n) is 3.40. The van der Waals surface area contributed by atoms with Gasteiger partial charge in [0.15, 0.2) is 0 Å². The van der Waals surface area contributed by atoms with E-state index >= 15 is 0 Å². The predicted molar refractivity (Wildman–Crippen MR) is 64.2 cm³/mol. The molecule has 1 heterocycles. The molecular weight excluding hydrogens is 282 g/mol. The number of sulfonamides is 2. The van der Waals surface area contributed by atoms with E-state index < -0.39 is 20.0 Å². The molecule has 0 aliphatic heterocycles. The Morgan fingerprint density at radius 3 is 2.22 bits per heavy atom. The van der Waals surface area contributed by atoms with Crippen LogP contribution in [0.2, 0.25) is 0 Å². The first-order valence-electron chi connectivity index (χ1n) is 4.78. The van der Waals surface area contributed by atoms with Crippen LogP contribution >= 0.6 is 0 Å². The second kappa shape index (κ2) is 5.56. The van der Waals surface area contributed by atoms with Crippen LogP contribution in [0.3, 0.4) is 0 Å². The summed E-state index contributed by atoms with van der Waals surface area (Å²) in [6.07, 6.45) is 2.20. The van der Waals surface area contributed by atoms with Gasteiger partial charge in [-0.2, -0.15) is 0 Å². The van der Waals surface area contributed by atoms with Gasteiger partial charge >= 0.3 is 0 Å². The third-order valence-electron chi connectivity index (χ3n) is 1.86. The van der Waals surface area contributed by atoms with Crippen molar-refractivity contribution in [2.24, 2.45) is 5.14 Å². The molecule has 1 aromatic rings. The Morgan fingerprint density at radius 1 is 1.17 bits per heavy atom. The Labute approximate surface area is 105 Å². The van der Waals surface area contributed by atoms with E-state index in [2.05, 4.69) is 14.7 Å². The molecular formula is C7H13N5O4S2. The number of nitrogens with two attached hydrogens (primary N) is 2. The Kier molecular flexibility index (Phi) is 4.56. The summed E-state index contributed by atoms with van der Waals surface area (Å²) in [5, 5.41) is 4.77. The molecule has 0 saturated carbocycles. The van der Waals surface area contributed by atoms with Crippen LogP contribution in [0, 0.1) is 0 Å². The molecule has 0 bridgehead atoms. The average molecular weight is 295 g/mol. The topological polar surface area (TPSA) is 158 Å². The smallest absolute Gasteiger partial charge is 0.243 e. The lowest BCUT2D eigenvalue weighted by molar-refractivity contribution is 0.576. The minimum Gasteiger partial charge on any atom is -0.368 e. The lowest BCUT2D eigenvalue weighted by atomic mass is 10.5. The van der Waals surface area contributed by atoms with Gasteiger partial charge in [0.1, 0.15) is 4.90 Å². The van der Waals surface area contributed by atoms with Crippen LogP contribution in [0.25, 0.3) is 0 Å². The number of anilines is 1. The van der Waals surface area contributed by atoms with Gasteiger partial charge in [-0.1, -0.05) is 0 Å². The summed E-state index contributed by atoms with van der Waals surface area (Å²) in [6.45, 7) is -0.0524. The van der Waals surface area contributed by atoms with Crippen molar-refractivity contribution in [2.45, 2.75) is 11.3 Å².